The highest BCUT2D eigenvalue weighted by molar-refractivity contribution is 9.10. The van der Waals surface area contributed by atoms with E-state index in [1.807, 2.05) is 18.2 Å². The van der Waals surface area contributed by atoms with Crippen LogP contribution in [0.3, 0.4) is 0 Å². The average Bonchev–Trinajstić information content (AvgIpc) is 2.48. The molecule has 6 heteroatoms. The van der Waals surface area contributed by atoms with Gasteiger partial charge in [-0.2, -0.15) is 0 Å². The predicted molar refractivity (Wildman–Crippen MR) is 84.3 cm³/mol. The van der Waals surface area contributed by atoms with Crippen molar-refractivity contribution in [3.8, 4) is 5.75 Å². The highest BCUT2D eigenvalue weighted by atomic mass is 79.9. The lowest BCUT2D eigenvalue weighted by molar-refractivity contribution is 0.0692. The lowest BCUT2D eigenvalue weighted by atomic mass is 10.2. The van der Waals surface area contributed by atoms with Gasteiger partial charge >= 0.3 is 5.97 Å². The number of benzene rings is 2. The molecule has 1 unspecified atom stereocenters. The summed E-state index contributed by atoms with van der Waals surface area (Å²) in [5.41, 5.74) is 0.101. The molecule has 1 N–H and O–H groups in total. The number of hydrogen-bond acceptors (Lipinski definition) is 3. The summed E-state index contributed by atoms with van der Waals surface area (Å²) in [6.45, 7) is 0.179. The minimum absolute atomic E-state index is 0.101. The number of rotatable bonds is 6. The molecular weight excluding hydrogens is 356 g/mol. The maximum Gasteiger partial charge on any atom is 0.339 e. The summed E-state index contributed by atoms with van der Waals surface area (Å²) < 4.78 is 18.4. The van der Waals surface area contributed by atoms with Gasteiger partial charge in [-0.25, -0.2) is 4.79 Å². The number of hydrogen-bond donors (Lipinski definition) is 1. The molecule has 0 aliphatic heterocycles. The summed E-state index contributed by atoms with van der Waals surface area (Å²) in [7, 11) is -1.21. The summed E-state index contributed by atoms with van der Waals surface area (Å²) >= 11 is 3.35. The molecule has 2 aromatic carbocycles. The molecule has 0 radical (unpaired) electrons. The quantitative estimate of drug-likeness (QED) is 0.849. The second-order valence-electron chi connectivity index (χ2n) is 4.13. The lowest BCUT2D eigenvalue weighted by Gasteiger charge is -2.09. The normalized spacial score (nSPS) is 11.9. The van der Waals surface area contributed by atoms with Crippen LogP contribution in [0, 0.1) is 0 Å². The summed E-state index contributed by atoms with van der Waals surface area (Å²) in [5.74, 6) is -0.469. The van der Waals surface area contributed by atoms with Crippen molar-refractivity contribution in [2.24, 2.45) is 0 Å². The van der Waals surface area contributed by atoms with E-state index in [2.05, 4.69) is 15.9 Å². The average molecular weight is 369 g/mol. The number of para-hydroxylation sites is 1. The van der Waals surface area contributed by atoms with Crippen molar-refractivity contribution >= 4 is 32.7 Å². The van der Waals surface area contributed by atoms with E-state index in [0.717, 1.165) is 4.47 Å². The maximum atomic E-state index is 12.2. The van der Waals surface area contributed by atoms with Crippen molar-refractivity contribution < 1.29 is 18.8 Å². The van der Waals surface area contributed by atoms with E-state index in [-0.39, 0.29) is 23.7 Å². The third-order valence-corrected chi connectivity index (χ3v) is 5.06. The molecule has 0 bridgehead atoms. The Balaban J connectivity index is 1.98. The van der Waals surface area contributed by atoms with Gasteiger partial charge in [-0.15, -0.1) is 0 Å². The first kappa shape index (κ1) is 15.7. The molecule has 0 amide bonds. The molecule has 0 aliphatic carbocycles. The Kier molecular flexibility index (Phi) is 5.52. The summed E-state index contributed by atoms with van der Waals surface area (Å²) in [6.07, 6.45) is 0. The molecule has 4 nitrogen and oxygen atoms in total. The number of carboxylic acids is 1. The topological polar surface area (TPSA) is 63.6 Å². The number of carboxylic acid groups (broad SMARTS) is 1. The van der Waals surface area contributed by atoms with Gasteiger partial charge in [-0.3, -0.25) is 4.21 Å². The van der Waals surface area contributed by atoms with Crippen LogP contribution in [0.2, 0.25) is 0 Å². The molecule has 0 spiro atoms. The standard InChI is InChI=1S/C15H13BrO4S/c16-12-6-2-4-8-14(12)21(19)10-9-20-13-7-3-1-5-11(13)15(17)18/h1-8H,9-10H2,(H,17,18). The van der Waals surface area contributed by atoms with E-state index in [0.29, 0.717) is 4.90 Å². The zero-order chi connectivity index (χ0) is 15.2. The van der Waals surface area contributed by atoms with E-state index in [4.69, 9.17) is 9.84 Å². The second kappa shape index (κ2) is 7.38. The van der Waals surface area contributed by atoms with Crippen molar-refractivity contribution in [1.82, 2.24) is 0 Å². The van der Waals surface area contributed by atoms with E-state index in [9.17, 15) is 9.00 Å². The Hall–Kier alpha value is -1.66. The fourth-order valence-electron chi connectivity index (χ4n) is 1.74. The van der Waals surface area contributed by atoms with E-state index in [1.165, 1.54) is 6.07 Å². The van der Waals surface area contributed by atoms with Crippen LogP contribution in [0.5, 0.6) is 5.75 Å². The van der Waals surface area contributed by atoms with Crippen molar-refractivity contribution in [3.63, 3.8) is 0 Å². The van der Waals surface area contributed by atoms with E-state index >= 15 is 0 Å². The molecule has 0 heterocycles. The van der Waals surface area contributed by atoms with Crippen LogP contribution in [0.4, 0.5) is 0 Å². The Bertz CT molecular complexity index is 672. The highest BCUT2D eigenvalue weighted by Gasteiger charge is 2.11. The Morgan fingerprint density at radius 1 is 1.14 bits per heavy atom. The Morgan fingerprint density at radius 2 is 1.81 bits per heavy atom. The lowest BCUT2D eigenvalue weighted by Crippen LogP contribution is -2.11. The largest absolute Gasteiger partial charge is 0.492 e. The zero-order valence-corrected chi connectivity index (χ0v) is 13.4. The molecule has 21 heavy (non-hydrogen) atoms. The van der Waals surface area contributed by atoms with Gasteiger partial charge in [0.25, 0.3) is 0 Å². The van der Waals surface area contributed by atoms with Crippen molar-refractivity contribution in [1.29, 1.82) is 0 Å². The van der Waals surface area contributed by atoms with Crippen molar-refractivity contribution in [2.45, 2.75) is 4.90 Å². The number of ether oxygens (including phenoxy) is 1. The monoisotopic (exact) mass is 368 g/mol. The van der Waals surface area contributed by atoms with Gasteiger partial charge < -0.3 is 9.84 Å². The van der Waals surface area contributed by atoms with Crippen LogP contribution in [0.25, 0.3) is 0 Å². The number of aromatic carboxylic acids is 1. The van der Waals surface area contributed by atoms with Crippen LogP contribution in [-0.4, -0.2) is 27.6 Å². The Morgan fingerprint density at radius 3 is 2.52 bits per heavy atom. The van der Waals surface area contributed by atoms with Crippen LogP contribution in [-0.2, 0) is 10.8 Å². The molecule has 0 aliphatic rings. The minimum Gasteiger partial charge on any atom is -0.492 e. The molecule has 1 atom stereocenters. The summed E-state index contributed by atoms with van der Waals surface area (Å²) in [5, 5.41) is 9.04. The van der Waals surface area contributed by atoms with Gasteiger partial charge in [-0.1, -0.05) is 24.3 Å². The maximum absolute atomic E-state index is 12.2. The van der Waals surface area contributed by atoms with Crippen molar-refractivity contribution in [2.75, 3.05) is 12.4 Å². The van der Waals surface area contributed by atoms with Crippen LogP contribution < -0.4 is 4.74 Å². The molecule has 0 fully saturated rings. The first-order valence-corrected chi connectivity index (χ1v) is 8.29. The first-order valence-electron chi connectivity index (χ1n) is 6.17. The van der Waals surface area contributed by atoms with Crippen molar-refractivity contribution in [3.05, 3.63) is 58.6 Å². The number of halogens is 1. The molecule has 0 saturated heterocycles. The minimum atomic E-state index is -1.21. The van der Waals surface area contributed by atoms with E-state index < -0.39 is 16.8 Å². The van der Waals surface area contributed by atoms with Crippen LogP contribution in [0.1, 0.15) is 10.4 Å². The van der Waals surface area contributed by atoms with Gasteiger partial charge in [-0.05, 0) is 40.2 Å². The Labute approximate surface area is 133 Å². The molecule has 0 aromatic heterocycles. The molecule has 2 aromatic rings. The van der Waals surface area contributed by atoms with E-state index in [1.54, 1.807) is 24.3 Å². The van der Waals surface area contributed by atoms with Crippen LogP contribution >= 0.6 is 15.9 Å². The summed E-state index contributed by atoms with van der Waals surface area (Å²) in [4.78, 5) is 11.7. The number of carbonyl (C=O) groups is 1. The fraction of sp³-hybridized carbons (Fsp3) is 0.133. The van der Waals surface area contributed by atoms with Crippen LogP contribution in [0.15, 0.2) is 57.9 Å². The van der Waals surface area contributed by atoms with Gasteiger partial charge in [0.2, 0.25) is 0 Å². The molecule has 2 rings (SSSR count). The highest BCUT2D eigenvalue weighted by Crippen LogP contribution is 2.21. The smallest absolute Gasteiger partial charge is 0.339 e. The SMILES string of the molecule is O=C(O)c1ccccc1OCCS(=O)c1ccccc1Br. The van der Waals surface area contributed by atoms with Gasteiger partial charge in [0, 0.05) is 4.47 Å². The molecule has 110 valence electrons. The van der Waals surface area contributed by atoms with Gasteiger partial charge in [0.15, 0.2) is 0 Å². The van der Waals surface area contributed by atoms with Gasteiger partial charge in [0.05, 0.1) is 21.4 Å². The predicted octanol–water partition coefficient (Wildman–Crippen LogP) is 3.33. The zero-order valence-electron chi connectivity index (χ0n) is 11.0. The van der Waals surface area contributed by atoms with Gasteiger partial charge in [0.1, 0.15) is 17.9 Å². The third-order valence-electron chi connectivity index (χ3n) is 2.73. The second-order valence-corrected chi connectivity index (χ2v) is 6.52. The summed E-state index contributed by atoms with van der Waals surface area (Å²) in [6, 6.07) is 13.7. The fourth-order valence-corrected chi connectivity index (χ4v) is 3.53. The molecule has 0 saturated carbocycles. The molecular formula is C15H13BrO4S. The third kappa shape index (κ3) is 4.15. The first-order chi connectivity index (χ1) is 10.1.